The van der Waals surface area contributed by atoms with Gasteiger partial charge in [-0.2, -0.15) is 0 Å². The van der Waals surface area contributed by atoms with Gasteiger partial charge in [0, 0.05) is 12.6 Å². The molecule has 9 heteroatoms. The van der Waals surface area contributed by atoms with Crippen LogP contribution in [-0.2, 0) is 20.0 Å². The summed E-state index contributed by atoms with van der Waals surface area (Å²) in [5.74, 6) is 0. The Hall–Kier alpha value is -1.00. The number of hydrogen-bond acceptors (Lipinski definition) is 5. The predicted octanol–water partition coefficient (Wildman–Crippen LogP) is -0.0666. The summed E-state index contributed by atoms with van der Waals surface area (Å²) in [5, 5.41) is 3.14. The zero-order valence-electron chi connectivity index (χ0n) is 12.6. The Balaban J connectivity index is 2.27. The third-order valence-corrected chi connectivity index (χ3v) is 6.73. The SMILES string of the molecule is CNS(=O)(=O)c1ccc(S(=O)(=O)N[C@H]2CCCNC2)cc1C. The normalized spacial score (nSPS) is 20.0. The Labute approximate surface area is 131 Å². The molecule has 1 saturated heterocycles. The molecule has 3 N–H and O–H groups in total. The second-order valence-electron chi connectivity index (χ2n) is 5.30. The van der Waals surface area contributed by atoms with Gasteiger partial charge in [-0.05, 0) is 57.1 Å². The fourth-order valence-corrected chi connectivity index (χ4v) is 4.75. The number of hydrogen-bond donors (Lipinski definition) is 3. The summed E-state index contributed by atoms with van der Waals surface area (Å²) >= 11 is 0. The number of sulfonamides is 2. The van der Waals surface area contributed by atoms with Crippen LogP contribution in [0.5, 0.6) is 0 Å². The van der Waals surface area contributed by atoms with E-state index in [-0.39, 0.29) is 15.8 Å². The van der Waals surface area contributed by atoms with Crippen LogP contribution in [0.15, 0.2) is 28.0 Å². The molecule has 0 spiro atoms. The minimum atomic E-state index is -3.66. The van der Waals surface area contributed by atoms with Crippen molar-refractivity contribution >= 4 is 20.0 Å². The summed E-state index contributed by atoms with van der Waals surface area (Å²) in [6, 6.07) is 3.87. The first-order chi connectivity index (χ1) is 10.3. The summed E-state index contributed by atoms with van der Waals surface area (Å²) in [6.45, 7) is 3.07. The monoisotopic (exact) mass is 347 g/mol. The van der Waals surface area contributed by atoms with Gasteiger partial charge in [-0.1, -0.05) is 0 Å². The van der Waals surface area contributed by atoms with Crippen LogP contribution in [0.4, 0.5) is 0 Å². The van der Waals surface area contributed by atoms with Crippen molar-refractivity contribution in [2.75, 3.05) is 20.1 Å². The smallest absolute Gasteiger partial charge is 0.240 e. The van der Waals surface area contributed by atoms with Gasteiger partial charge < -0.3 is 5.32 Å². The quantitative estimate of drug-likeness (QED) is 0.692. The minimum absolute atomic E-state index is 0.0747. The highest BCUT2D eigenvalue weighted by molar-refractivity contribution is 7.90. The molecule has 2 rings (SSSR count). The maximum atomic E-state index is 12.4. The fourth-order valence-electron chi connectivity index (χ4n) is 2.44. The Bertz CT molecular complexity index is 739. The molecule has 0 aromatic heterocycles. The molecule has 1 atom stereocenters. The molecule has 1 aliphatic rings. The maximum absolute atomic E-state index is 12.4. The van der Waals surface area contributed by atoms with Crippen molar-refractivity contribution in [3.05, 3.63) is 23.8 Å². The van der Waals surface area contributed by atoms with Crippen molar-refractivity contribution in [2.24, 2.45) is 0 Å². The lowest BCUT2D eigenvalue weighted by Crippen LogP contribution is -2.45. The van der Waals surface area contributed by atoms with Gasteiger partial charge in [-0.3, -0.25) is 0 Å². The molecule has 0 radical (unpaired) electrons. The predicted molar refractivity (Wildman–Crippen MR) is 83.6 cm³/mol. The van der Waals surface area contributed by atoms with Crippen LogP contribution in [0.1, 0.15) is 18.4 Å². The molecule has 1 aliphatic heterocycles. The van der Waals surface area contributed by atoms with Crippen LogP contribution >= 0.6 is 0 Å². The number of nitrogens with one attached hydrogen (secondary N) is 3. The highest BCUT2D eigenvalue weighted by Gasteiger charge is 2.23. The van der Waals surface area contributed by atoms with E-state index in [2.05, 4.69) is 14.8 Å². The topological polar surface area (TPSA) is 104 Å². The zero-order valence-corrected chi connectivity index (χ0v) is 14.2. The lowest BCUT2D eigenvalue weighted by molar-refractivity contribution is 0.428. The molecule has 0 bridgehead atoms. The number of benzene rings is 1. The third kappa shape index (κ3) is 3.85. The van der Waals surface area contributed by atoms with Crippen LogP contribution in [0.2, 0.25) is 0 Å². The van der Waals surface area contributed by atoms with Gasteiger partial charge >= 0.3 is 0 Å². The number of rotatable bonds is 5. The van der Waals surface area contributed by atoms with E-state index < -0.39 is 20.0 Å². The van der Waals surface area contributed by atoms with Crippen molar-refractivity contribution in [1.82, 2.24) is 14.8 Å². The van der Waals surface area contributed by atoms with E-state index in [1.54, 1.807) is 6.92 Å². The molecular weight excluding hydrogens is 326 g/mol. The Kier molecular flexibility index (Phi) is 5.23. The number of aryl methyl sites for hydroxylation is 1. The summed E-state index contributed by atoms with van der Waals surface area (Å²) < 4.78 is 53.3. The molecule has 1 heterocycles. The first-order valence-electron chi connectivity index (χ1n) is 7.03. The fraction of sp³-hybridized carbons (Fsp3) is 0.538. The first-order valence-corrected chi connectivity index (χ1v) is 10.00. The van der Waals surface area contributed by atoms with Crippen LogP contribution < -0.4 is 14.8 Å². The van der Waals surface area contributed by atoms with Crippen LogP contribution in [0, 0.1) is 6.92 Å². The van der Waals surface area contributed by atoms with Crippen LogP contribution in [0.25, 0.3) is 0 Å². The summed E-state index contributed by atoms with van der Waals surface area (Å²) in [6.07, 6.45) is 1.71. The second-order valence-corrected chi connectivity index (χ2v) is 8.87. The summed E-state index contributed by atoms with van der Waals surface area (Å²) in [4.78, 5) is 0.152. The van der Waals surface area contributed by atoms with Crippen LogP contribution in [0.3, 0.4) is 0 Å². The molecule has 1 aromatic carbocycles. The zero-order chi connectivity index (χ0) is 16.4. The largest absolute Gasteiger partial charge is 0.315 e. The van der Waals surface area contributed by atoms with Crippen molar-refractivity contribution in [3.63, 3.8) is 0 Å². The molecule has 0 unspecified atom stereocenters. The van der Waals surface area contributed by atoms with Crippen molar-refractivity contribution in [2.45, 2.75) is 35.6 Å². The lowest BCUT2D eigenvalue weighted by Gasteiger charge is -2.23. The molecule has 0 aliphatic carbocycles. The van der Waals surface area contributed by atoms with Crippen LogP contribution in [-0.4, -0.2) is 43.0 Å². The third-order valence-electron chi connectivity index (χ3n) is 3.63. The average molecular weight is 347 g/mol. The van der Waals surface area contributed by atoms with Gasteiger partial charge in [0.15, 0.2) is 0 Å². The first kappa shape index (κ1) is 17.4. The molecule has 0 saturated carbocycles. The molecule has 124 valence electrons. The summed E-state index contributed by atoms with van der Waals surface area (Å²) in [5.41, 5.74) is 0.388. The van der Waals surface area contributed by atoms with E-state index in [0.29, 0.717) is 12.1 Å². The van der Waals surface area contributed by atoms with E-state index in [4.69, 9.17) is 0 Å². The van der Waals surface area contributed by atoms with E-state index in [0.717, 1.165) is 19.4 Å². The molecule has 0 amide bonds. The second kappa shape index (κ2) is 6.63. The molecule has 22 heavy (non-hydrogen) atoms. The van der Waals surface area contributed by atoms with Gasteiger partial charge in [-0.15, -0.1) is 0 Å². The summed E-state index contributed by atoms with van der Waals surface area (Å²) in [7, 11) is -5.93. The van der Waals surface area contributed by atoms with Crippen molar-refractivity contribution in [3.8, 4) is 0 Å². The van der Waals surface area contributed by atoms with Gasteiger partial charge in [0.2, 0.25) is 20.0 Å². The maximum Gasteiger partial charge on any atom is 0.240 e. The highest BCUT2D eigenvalue weighted by Crippen LogP contribution is 2.20. The van der Waals surface area contributed by atoms with Gasteiger partial charge in [0.1, 0.15) is 0 Å². The Morgan fingerprint density at radius 1 is 1.18 bits per heavy atom. The molecule has 1 fully saturated rings. The molecule has 1 aromatic rings. The highest BCUT2D eigenvalue weighted by atomic mass is 32.2. The number of piperidine rings is 1. The average Bonchev–Trinajstić information content (AvgIpc) is 2.47. The van der Waals surface area contributed by atoms with Crippen molar-refractivity contribution < 1.29 is 16.8 Å². The Morgan fingerprint density at radius 2 is 1.91 bits per heavy atom. The van der Waals surface area contributed by atoms with E-state index in [1.165, 1.54) is 25.2 Å². The van der Waals surface area contributed by atoms with Gasteiger partial charge in [0.05, 0.1) is 9.79 Å². The molecule has 7 nitrogen and oxygen atoms in total. The van der Waals surface area contributed by atoms with Gasteiger partial charge in [-0.25, -0.2) is 26.3 Å². The Morgan fingerprint density at radius 3 is 2.45 bits per heavy atom. The van der Waals surface area contributed by atoms with E-state index in [1.807, 2.05) is 0 Å². The lowest BCUT2D eigenvalue weighted by atomic mass is 10.1. The van der Waals surface area contributed by atoms with E-state index in [9.17, 15) is 16.8 Å². The molecular formula is C13H21N3O4S2. The van der Waals surface area contributed by atoms with E-state index >= 15 is 0 Å². The minimum Gasteiger partial charge on any atom is -0.315 e. The van der Waals surface area contributed by atoms with Crippen molar-refractivity contribution in [1.29, 1.82) is 0 Å². The van der Waals surface area contributed by atoms with Gasteiger partial charge in [0.25, 0.3) is 0 Å². The standard InChI is InChI=1S/C13H21N3O4S2/c1-10-8-12(5-6-13(10)22(19,20)14-2)21(17,18)16-11-4-3-7-15-9-11/h5-6,8,11,14-16H,3-4,7,9H2,1-2H3/t11-/m0/s1.